The number of nitro benzene ring substituents is 1. The van der Waals surface area contributed by atoms with Gasteiger partial charge in [-0.2, -0.15) is 0 Å². The molecule has 0 bridgehead atoms. The molecule has 0 amide bonds. The summed E-state index contributed by atoms with van der Waals surface area (Å²) in [5.41, 5.74) is 2.28. The summed E-state index contributed by atoms with van der Waals surface area (Å²) in [6.07, 6.45) is 2.48. The molecule has 0 saturated heterocycles. The molecule has 1 atom stereocenters. The van der Waals surface area contributed by atoms with Crippen molar-refractivity contribution in [3.05, 3.63) is 46.8 Å². The summed E-state index contributed by atoms with van der Waals surface area (Å²) in [4.78, 5) is 22.3. The molecule has 0 aliphatic heterocycles. The van der Waals surface area contributed by atoms with Gasteiger partial charge in [0.15, 0.2) is 0 Å². The number of nitro groups is 1. The molecule has 0 saturated carbocycles. The summed E-state index contributed by atoms with van der Waals surface area (Å²) < 4.78 is 0. The molecule has 118 valence electrons. The van der Waals surface area contributed by atoms with Crippen LogP contribution in [0.4, 0.5) is 11.5 Å². The number of aromatic amines is 1. The Balaban J connectivity index is 2.05. The van der Waals surface area contributed by atoms with Gasteiger partial charge in [-0.3, -0.25) is 10.1 Å². The molecular formula is C16H17N5O2. The minimum Gasteiger partial charge on any atom is -0.367 e. The first-order valence-corrected chi connectivity index (χ1v) is 7.43. The quantitative estimate of drug-likeness (QED) is 0.552. The van der Waals surface area contributed by atoms with Gasteiger partial charge in [-0.15, -0.1) is 0 Å². The number of fused-ring (bicyclic) bond motifs is 1. The zero-order valence-electron chi connectivity index (χ0n) is 12.9. The molecule has 7 nitrogen and oxygen atoms in total. The zero-order valence-corrected chi connectivity index (χ0v) is 12.9. The van der Waals surface area contributed by atoms with E-state index in [1.165, 1.54) is 12.4 Å². The van der Waals surface area contributed by atoms with Gasteiger partial charge in [0.2, 0.25) is 0 Å². The molecule has 1 unspecified atom stereocenters. The molecule has 2 heterocycles. The SMILES string of the molecule is CCC(C)Nc1ncnc2[nH]c(-c3cccc([N+](=O)[O-])c3)cc12. The minimum atomic E-state index is -0.401. The van der Waals surface area contributed by atoms with Gasteiger partial charge in [-0.05, 0) is 19.4 Å². The normalized spacial score (nSPS) is 12.3. The van der Waals surface area contributed by atoms with Gasteiger partial charge in [-0.1, -0.05) is 19.1 Å². The average Bonchev–Trinajstić information content (AvgIpc) is 3.00. The third-order valence-electron chi connectivity index (χ3n) is 3.79. The van der Waals surface area contributed by atoms with Crippen molar-refractivity contribution in [1.82, 2.24) is 15.0 Å². The Morgan fingerprint density at radius 3 is 2.91 bits per heavy atom. The van der Waals surface area contributed by atoms with Crippen molar-refractivity contribution < 1.29 is 4.92 Å². The van der Waals surface area contributed by atoms with Gasteiger partial charge in [0.05, 0.1) is 10.3 Å². The maximum atomic E-state index is 10.9. The van der Waals surface area contributed by atoms with Crippen molar-refractivity contribution in [2.75, 3.05) is 5.32 Å². The van der Waals surface area contributed by atoms with E-state index in [9.17, 15) is 10.1 Å². The molecule has 23 heavy (non-hydrogen) atoms. The Morgan fingerprint density at radius 1 is 1.35 bits per heavy atom. The molecule has 3 rings (SSSR count). The number of H-pyrrole nitrogens is 1. The first kappa shape index (κ1) is 15.0. The number of hydrogen-bond acceptors (Lipinski definition) is 5. The summed E-state index contributed by atoms with van der Waals surface area (Å²) in [6.45, 7) is 4.18. The van der Waals surface area contributed by atoms with Crippen LogP contribution in [0.3, 0.4) is 0 Å². The lowest BCUT2D eigenvalue weighted by atomic mass is 10.1. The van der Waals surface area contributed by atoms with E-state index in [1.54, 1.807) is 12.1 Å². The van der Waals surface area contributed by atoms with Gasteiger partial charge >= 0.3 is 0 Å². The van der Waals surface area contributed by atoms with E-state index in [0.29, 0.717) is 11.7 Å². The minimum absolute atomic E-state index is 0.0604. The van der Waals surface area contributed by atoms with Crippen LogP contribution in [0.1, 0.15) is 20.3 Å². The van der Waals surface area contributed by atoms with Crippen LogP contribution in [0.15, 0.2) is 36.7 Å². The highest BCUT2D eigenvalue weighted by molar-refractivity contribution is 5.91. The standard InChI is InChI=1S/C16H17N5O2/c1-3-10(2)19-15-13-8-14(20-16(13)18-9-17-15)11-5-4-6-12(7-11)21(22)23/h4-10H,3H2,1-2H3,(H2,17,18,19,20). The largest absolute Gasteiger partial charge is 0.367 e. The van der Waals surface area contributed by atoms with Gasteiger partial charge in [0.1, 0.15) is 17.8 Å². The smallest absolute Gasteiger partial charge is 0.270 e. The predicted octanol–water partition coefficient (Wildman–Crippen LogP) is 3.74. The molecule has 0 radical (unpaired) electrons. The fourth-order valence-corrected chi connectivity index (χ4v) is 2.33. The second-order valence-electron chi connectivity index (χ2n) is 5.43. The van der Waals surface area contributed by atoms with Crippen molar-refractivity contribution in [1.29, 1.82) is 0 Å². The highest BCUT2D eigenvalue weighted by Gasteiger charge is 2.13. The lowest BCUT2D eigenvalue weighted by Gasteiger charge is -2.11. The van der Waals surface area contributed by atoms with Crippen LogP contribution in [0.2, 0.25) is 0 Å². The second kappa shape index (κ2) is 6.04. The molecule has 0 aliphatic carbocycles. The highest BCUT2D eigenvalue weighted by atomic mass is 16.6. The lowest BCUT2D eigenvalue weighted by molar-refractivity contribution is -0.384. The average molecular weight is 311 g/mol. The van der Waals surface area contributed by atoms with Crippen LogP contribution < -0.4 is 5.32 Å². The number of anilines is 1. The Labute approximate surface area is 132 Å². The first-order valence-electron chi connectivity index (χ1n) is 7.43. The van der Waals surface area contributed by atoms with Crippen molar-refractivity contribution >= 4 is 22.5 Å². The van der Waals surface area contributed by atoms with Gasteiger partial charge in [-0.25, -0.2) is 9.97 Å². The third kappa shape index (κ3) is 2.98. The van der Waals surface area contributed by atoms with E-state index < -0.39 is 4.92 Å². The van der Waals surface area contributed by atoms with E-state index in [2.05, 4.69) is 34.1 Å². The summed E-state index contributed by atoms with van der Waals surface area (Å²) in [5, 5.41) is 15.1. The van der Waals surface area contributed by atoms with E-state index in [-0.39, 0.29) is 5.69 Å². The lowest BCUT2D eigenvalue weighted by Crippen LogP contribution is -2.14. The van der Waals surface area contributed by atoms with E-state index in [4.69, 9.17) is 0 Å². The molecule has 7 heteroatoms. The van der Waals surface area contributed by atoms with Crippen LogP contribution in [0.25, 0.3) is 22.3 Å². The molecule has 0 fully saturated rings. The third-order valence-corrected chi connectivity index (χ3v) is 3.79. The molecule has 2 N–H and O–H groups in total. The van der Waals surface area contributed by atoms with E-state index >= 15 is 0 Å². The van der Waals surface area contributed by atoms with Crippen LogP contribution in [-0.4, -0.2) is 25.9 Å². The Morgan fingerprint density at radius 2 is 2.17 bits per heavy atom. The van der Waals surface area contributed by atoms with Crippen molar-refractivity contribution in [3.8, 4) is 11.3 Å². The van der Waals surface area contributed by atoms with Gasteiger partial charge < -0.3 is 10.3 Å². The maximum absolute atomic E-state index is 10.9. The molecule has 2 aromatic heterocycles. The van der Waals surface area contributed by atoms with Gasteiger partial charge in [0.25, 0.3) is 5.69 Å². The summed E-state index contributed by atoms with van der Waals surface area (Å²) in [7, 11) is 0. The number of rotatable bonds is 5. The summed E-state index contributed by atoms with van der Waals surface area (Å²) in [5.74, 6) is 0.761. The molecule has 1 aromatic carbocycles. The Bertz CT molecular complexity index is 859. The van der Waals surface area contributed by atoms with Crippen molar-refractivity contribution in [3.63, 3.8) is 0 Å². The molecule has 0 aliphatic rings. The number of nitrogens with zero attached hydrogens (tertiary/aromatic N) is 3. The fourth-order valence-electron chi connectivity index (χ4n) is 2.33. The van der Waals surface area contributed by atoms with Crippen LogP contribution in [-0.2, 0) is 0 Å². The molecule has 3 aromatic rings. The van der Waals surface area contributed by atoms with Crippen LogP contribution >= 0.6 is 0 Å². The predicted molar refractivity (Wildman–Crippen MR) is 89.4 cm³/mol. The van der Waals surface area contributed by atoms with Crippen LogP contribution in [0.5, 0.6) is 0 Å². The number of non-ortho nitro benzene ring substituents is 1. The number of nitrogens with one attached hydrogen (secondary N) is 2. The molecule has 0 spiro atoms. The van der Waals surface area contributed by atoms with Crippen LogP contribution in [0, 0.1) is 10.1 Å². The van der Waals surface area contributed by atoms with Crippen molar-refractivity contribution in [2.45, 2.75) is 26.3 Å². The summed E-state index contributed by atoms with van der Waals surface area (Å²) >= 11 is 0. The van der Waals surface area contributed by atoms with Crippen molar-refractivity contribution in [2.24, 2.45) is 0 Å². The number of aromatic nitrogens is 3. The van der Waals surface area contributed by atoms with E-state index in [0.717, 1.165) is 28.9 Å². The maximum Gasteiger partial charge on any atom is 0.270 e. The first-order chi connectivity index (χ1) is 11.1. The number of benzene rings is 1. The fraction of sp³-hybridized carbons (Fsp3) is 0.250. The second-order valence-corrected chi connectivity index (χ2v) is 5.43. The Hall–Kier alpha value is -2.96. The monoisotopic (exact) mass is 311 g/mol. The summed E-state index contributed by atoms with van der Waals surface area (Å²) in [6, 6.07) is 8.72. The molecular weight excluding hydrogens is 294 g/mol. The highest BCUT2D eigenvalue weighted by Crippen LogP contribution is 2.28. The zero-order chi connectivity index (χ0) is 16.4. The topological polar surface area (TPSA) is 96.7 Å². The number of hydrogen-bond donors (Lipinski definition) is 2. The van der Waals surface area contributed by atoms with Gasteiger partial charge in [0, 0.05) is 29.4 Å². The Kier molecular flexibility index (Phi) is 3.92. The van der Waals surface area contributed by atoms with E-state index in [1.807, 2.05) is 12.1 Å².